The van der Waals surface area contributed by atoms with Crippen molar-refractivity contribution in [3.63, 3.8) is 0 Å². The third kappa shape index (κ3) is 2.05. The first-order chi connectivity index (χ1) is 6.40. The van der Waals surface area contributed by atoms with E-state index in [1.165, 1.54) is 0 Å². The van der Waals surface area contributed by atoms with Crippen LogP contribution in [0.4, 0.5) is 0 Å². The van der Waals surface area contributed by atoms with E-state index >= 15 is 0 Å². The molecule has 0 aromatic heterocycles. The number of nitrogens with one attached hydrogen (secondary N) is 1. The maximum Gasteiger partial charge on any atom is 0.233 e. The van der Waals surface area contributed by atoms with Crippen LogP contribution >= 0.6 is 12.2 Å². The molecule has 1 atom stereocenters. The molecule has 14 heavy (non-hydrogen) atoms. The number of rotatable bonds is 4. The maximum atomic E-state index is 11.8. The molecule has 0 bridgehead atoms. The number of hydrogen-bond donors (Lipinski definition) is 2. The summed E-state index contributed by atoms with van der Waals surface area (Å²) in [7, 11) is 0. The van der Waals surface area contributed by atoms with Crippen molar-refractivity contribution >= 4 is 23.1 Å². The summed E-state index contributed by atoms with van der Waals surface area (Å²) in [5.41, 5.74) is 5.04. The summed E-state index contributed by atoms with van der Waals surface area (Å²) in [6.07, 6.45) is 1.61. The second kappa shape index (κ2) is 3.85. The van der Waals surface area contributed by atoms with E-state index in [-0.39, 0.29) is 11.9 Å². The molecule has 0 spiro atoms. The van der Waals surface area contributed by atoms with Crippen molar-refractivity contribution in [3.8, 4) is 0 Å². The molecule has 0 saturated heterocycles. The zero-order valence-electron chi connectivity index (χ0n) is 8.96. The van der Waals surface area contributed by atoms with E-state index in [0.29, 0.717) is 10.9 Å². The van der Waals surface area contributed by atoms with Gasteiger partial charge in [0, 0.05) is 6.04 Å². The molecule has 4 heteroatoms. The molecule has 0 aromatic rings. The third-order valence-electron chi connectivity index (χ3n) is 3.02. The molecule has 1 unspecified atom stereocenters. The van der Waals surface area contributed by atoms with Gasteiger partial charge < -0.3 is 11.1 Å². The number of hydrogen-bond acceptors (Lipinski definition) is 2. The maximum absolute atomic E-state index is 11.8. The number of amides is 1. The Balaban J connectivity index is 2.55. The molecule has 1 rings (SSSR count). The summed E-state index contributed by atoms with van der Waals surface area (Å²) in [6.45, 7) is 6.15. The molecule has 80 valence electrons. The Bertz CT molecular complexity index is 259. The first-order valence-corrected chi connectivity index (χ1v) is 5.42. The van der Waals surface area contributed by atoms with Crippen LogP contribution in [0, 0.1) is 11.3 Å². The molecule has 0 radical (unpaired) electrons. The van der Waals surface area contributed by atoms with Gasteiger partial charge in [-0.1, -0.05) is 26.1 Å². The predicted molar refractivity (Wildman–Crippen MR) is 60.9 cm³/mol. The average molecular weight is 214 g/mol. The molecule has 1 fully saturated rings. The van der Waals surface area contributed by atoms with Gasteiger partial charge in [0.05, 0.1) is 10.4 Å². The first-order valence-electron chi connectivity index (χ1n) is 5.01. The number of carbonyl (C=O) groups excluding carboxylic acids is 1. The Morgan fingerprint density at radius 2 is 1.93 bits per heavy atom. The highest BCUT2D eigenvalue weighted by atomic mass is 32.1. The van der Waals surface area contributed by atoms with Crippen LogP contribution in [-0.2, 0) is 4.79 Å². The number of carbonyl (C=O) groups is 1. The lowest BCUT2D eigenvalue weighted by atomic mass is 10.0. The Morgan fingerprint density at radius 3 is 2.21 bits per heavy atom. The van der Waals surface area contributed by atoms with Crippen LogP contribution in [0.15, 0.2) is 0 Å². The van der Waals surface area contributed by atoms with E-state index in [4.69, 9.17) is 18.0 Å². The van der Waals surface area contributed by atoms with E-state index in [1.807, 2.05) is 6.92 Å². The Kier molecular flexibility index (Phi) is 3.14. The quantitative estimate of drug-likeness (QED) is 0.692. The Morgan fingerprint density at radius 1 is 1.43 bits per heavy atom. The van der Waals surface area contributed by atoms with Gasteiger partial charge in [-0.05, 0) is 25.7 Å². The van der Waals surface area contributed by atoms with Gasteiger partial charge in [-0.3, -0.25) is 4.79 Å². The normalized spacial score (nSPS) is 20.3. The fourth-order valence-electron chi connectivity index (χ4n) is 1.22. The highest BCUT2D eigenvalue weighted by Gasteiger charge is 2.52. The molecular weight excluding hydrogens is 196 g/mol. The lowest BCUT2D eigenvalue weighted by Gasteiger charge is -2.21. The minimum atomic E-state index is -0.515. The second-order valence-corrected chi connectivity index (χ2v) is 4.89. The fourth-order valence-corrected chi connectivity index (χ4v) is 1.52. The second-order valence-electron chi connectivity index (χ2n) is 4.45. The lowest BCUT2D eigenvalue weighted by molar-refractivity contribution is -0.124. The zero-order valence-corrected chi connectivity index (χ0v) is 9.78. The molecule has 0 heterocycles. The van der Waals surface area contributed by atoms with E-state index in [2.05, 4.69) is 19.2 Å². The summed E-state index contributed by atoms with van der Waals surface area (Å²) in [5.74, 6) is 0.437. The van der Waals surface area contributed by atoms with E-state index in [9.17, 15) is 4.79 Å². The van der Waals surface area contributed by atoms with E-state index in [0.717, 1.165) is 12.8 Å². The van der Waals surface area contributed by atoms with Crippen molar-refractivity contribution in [2.75, 3.05) is 0 Å². The first kappa shape index (κ1) is 11.4. The standard InChI is InChI=1S/C10H18N2OS/c1-6(2)7(3)12-9(13)10(4-5-10)8(11)14/h6-7H,4-5H2,1-3H3,(H2,11,14)(H,12,13). The van der Waals surface area contributed by atoms with Crippen LogP contribution in [-0.4, -0.2) is 16.9 Å². The summed E-state index contributed by atoms with van der Waals surface area (Å²) in [6, 6.07) is 0.175. The van der Waals surface area contributed by atoms with Gasteiger partial charge in [-0.2, -0.15) is 0 Å². The Labute approximate surface area is 90.4 Å². The Hall–Kier alpha value is -0.640. The third-order valence-corrected chi connectivity index (χ3v) is 3.41. The lowest BCUT2D eigenvalue weighted by Crippen LogP contribution is -2.45. The summed E-state index contributed by atoms with van der Waals surface area (Å²) in [4.78, 5) is 12.1. The molecule has 1 aliphatic rings. The minimum Gasteiger partial charge on any atom is -0.392 e. The highest BCUT2D eigenvalue weighted by Crippen LogP contribution is 2.46. The predicted octanol–water partition coefficient (Wildman–Crippen LogP) is 1.21. The van der Waals surface area contributed by atoms with Gasteiger partial charge >= 0.3 is 0 Å². The van der Waals surface area contributed by atoms with Gasteiger partial charge in [0.2, 0.25) is 5.91 Å². The summed E-state index contributed by atoms with van der Waals surface area (Å²) < 4.78 is 0. The number of thiocarbonyl (C=S) groups is 1. The fraction of sp³-hybridized carbons (Fsp3) is 0.800. The van der Waals surface area contributed by atoms with Gasteiger partial charge in [0.1, 0.15) is 0 Å². The topological polar surface area (TPSA) is 55.1 Å². The SMILES string of the molecule is CC(C)C(C)NC(=O)C1(C(N)=S)CC1. The summed E-state index contributed by atoms with van der Waals surface area (Å²) in [5, 5.41) is 2.96. The van der Waals surface area contributed by atoms with Crippen molar-refractivity contribution in [2.24, 2.45) is 17.1 Å². The summed E-state index contributed by atoms with van der Waals surface area (Å²) >= 11 is 4.91. The molecule has 0 aromatic carbocycles. The smallest absolute Gasteiger partial charge is 0.233 e. The van der Waals surface area contributed by atoms with Crippen LogP contribution in [0.5, 0.6) is 0 Å². The van der Waals surface area contributed by atoms with Crippen molar-refractivity contribution in [2.45, 2.75) is 39.7 Å². The molecule has 3 nitrogen and oxygen atoms in total. The van der Waals surface area contributed by atoms with Crippen molar-refractivity contribution in [1.29, 1.82) is 0 Å². The van der Waals surface area contributed by atoms with Crippen LogP contribution in [0.3, 0.4) is 0 Å². The zero-order chi connectivity index (χ0) is 10.9. The van der Waals surface area contributed by atoms with Crippen LogP contribution in [0.2, 0.25) is 0 Å². The van der Waals surface area contributed by atoms with Gasteiger partial charge in [0.15, 0.2) is 0 Å². The molecule has 1 saturated carbocycles. The van der Waals surface area contributed by atoms with E-state index < -0.39 is 5.41 Å². The van der Waals surface area contributed by atoms with Crippen molar-refractivity contribution in [1.82, 2.24) is 5.32 Å². The molecule has 1 amide bonds. The van der Waals surface area contributed by atoms with Gasteiger partial charge in [0.25, 0.3) is 0 Å². The minimum absolute atomic E-state index is 0.00574. The van der Waals surface area contributed by atoms with E-state index in [1.54, 1.807) is 0 Å². The van der Waals surface area contributed by atoms with Crippen LogP contribution in [0.1, 0.15) is 33.6 Å². The van der Waals surface area contributed by atoms with Gasteiger partial charge in [-0.25, -0.2) is 0 Å². The molecule has 0 aliphatic heterocycles. The van der Waals surface area contributed by atoms with Crippen molar-refractivity contribution in [3.05, 3.63) is 0 Å². The van der Waals surface area contributed by atoms with Crippen LogP contribution in [0.25, 0.3) is 0 Å². The number of nitrogens with two attached hydrogens (primary N) is 1. The molecular formula is C10H18N2OS. The highest BCUT2D eigenvalue weighted by molar-refractivity contribution is 7.80. The van der Waals surface area contributed by atoms with Crippen LogP contribution < -0.4 is 11.1 Å². The largest absolute Gasteiger partial charge is 0.392 e. The molecule has 1 aliphatic carbocycles. The average Bonchev–Trinajstić information content (AvgIpc) is 2.83. The van der Waals surface area contributed by atoms with Crippen molar-refractivity contribution < 1.29 is 4.79 Å². The monoisotopic (exact) mass is 214 g/mol. The van der Waals surface area contributed by atoms with Gasteiger partial charge in [-0.15, -0.1) is 0 Å². The molecule has 3 N–H and O–H groups in total.